The Bertz CT molecular complexity index is 493. The molecule has 0 unspecified atom stereocenters. The number of amides is 1. The summed E-state index contributed by atoms with van der Waals surface area (Å²) in [6.07, 6.45) is 4.63. The van der Waals surface area contributed by atoms with Crippen molar-refractivity contribution in [2.75, 3.05) is 20.2 Å². The third kappa shape index (κ3) is 4.58. The maximum absolute atomic E-state index is 13.4. The van der Waals surface area contributed by atoms with E-state index >= 15 is 0 Å². The third-order valence-corrected chi connectivity index (χ3v) is 4.04. The van der Waals surface area contributed by atoms with Crippen molar-refractivity contribution in [3.8, 4) is 5.75 Å². The number of hydrogen-bond acceptors (Lipinski definition) is 3. The van der Waals surface area contributed by atoms with Crippen molar-refractivity contribution in [2.24, 2.45) is 5.73 Å². The summed E-state index contributed by atoms with van der Waals surface area (Å²) in [4.78, 5) is 14.0. The number of benzene rings is 1. The van der Waals surface area contributed by atoms with Gasteiger partial charge < -0.3 is 15.4 Å². The minimum absolute atomic E-state index is 0. The molecule has 0 radical (unpaired) electrons. The highest BCUT2D eigenvalue weighted by Gasteiger charge is 2.37. The molecule has 0 bridgehead atoms. The third-order valence-electron chi connectivity index (χ3n) is 4.04. The number of ether oxygens (including phenoxy) is 1. The number of carbonyl (C=O) groups excluding carboxylic acids is 1. The van der Waals surface area contributed by atoms with Crippen LogP contribution in [-0.4, -0.2) is 36.5 Å². The minimum Gasteiger partial charge on any atom is -0.489 e. The topological polar surface area (TPSA) is 55.6 Å². The highest BCUT2D eigenvalue weighted by molar-refractivity contribution is 5.86. The quantitative estimate of drug-likeness (QED) is 0.903. The lowest BCUT2D eigenvalue weighted by Crippen LogP contribution is -2.55. The molecule has 124 valence electrons. The molecule has 22 heavy (non-hydrogen) atoms. The molecule has 2 rings (SSSR count). The van der Waals surface area contributed by atoms with Gasteiger partial charge in [0.25, 0.3) is 0 Å². The number of hydrogen-bond donors (Lipinski definition) is 1. The van der Waals surface area contributed by atoms with Crippen LogP contribution in [0.4, 0.5) is 4.39 Å². The van der Waals surface area contributed by atoms with E-state index in [0.717, 1.165) is 32.1 Å². The SMILES string of the molecule is CN(CCOc1ccccc1F)C(=O)C1(N)CCCCC1.Cl. The van der Waals surface area contributed by atoms with Gasteiger partial charge in [-0.25, -0.2) is 4.39 Å². The second-order valence-electron chi connectivity index (χ2n) is 5.72. The molecule has 1 amide bonds. The molecule has 0 heterocycles. The fourth-order valence-electron chi connectivity index (χ4n) is 2.73. The van der Waals surface area contributed by atoms with Gasteiger partial charge in [-0.2, -0.15) is 0 Å². The molecule has 0 saturated heterocycles. The van der Waals surface area contributed by atoms with Gasteiger partial charge in [-0.1, -0.05) is 31.4 Å². The molecule has 1 fully saturated rings. The highest BCUT2D eigenvalue weighted by atomic mass is 35.5. The van der Waals surface area contributed by atoms with Crippen LogP contribution < -0.4 is 10.5 Å². The van der Waals surface area contributed by atoms with E-state index in [1.165, 1.54) is 6.07 Å². The number of halogens is 2. The summed E-state index contributed by atoms with van der Waals surface area (Å²) in [6.45, 7) is 0.644. The van der Waals surface area contributed by atoms with Crippen LogP contribution in [0.3, 0.4) is 0 Å². The van der Waals surface area contributed by atoms with E-state index in [9.17, 15) is 9.18 Å². The normalized spacial score (nSPS) is 16.5. The Hall–Kier alpha value is -1.33. The van der Waals surface area contributed by atoms with E-state index in [4.69, 9.17) is 10.5 Å². The minimum atomic E-state index is -0.731. The molecule has 1 aliphatic rings. The van der Waals surface area contributed by atoms with Gasteiger partial charge in [0, 0.05) is 7.05 Å². The van der Waals surface area contributed by atoms with Crippen molar-refractivity contribution in [2.45, 2.75) is 37.6 Å². The summed E-state index contributed by atoms with van der Waals surface area (Å²) < 4.78 is 18.8. The lowest BCUT2D eigenvalue weighted by Gasteiger charge is -2.35. The van der Waals surface area contributed by atoms with E-state index < -0.39 is 11.4 Å². The van der Waals surface area contributed by atoms with Gasteiger partial charge in [0.2, 0.25) is 5.91 Å². The van der Waals surface area contributed by atoms with Gasteiger partial charge >= 0.3 is 0 Å². The average Bonchev–Trinajstić information content (AvgIpc) is 2.49. The van der Waals surface area contributed by atoms with Crippen LogP contribution in [-0.2, 0) is 4.79 Å². The van der Waals surface area contributed by atoms with E-state index in [2.05, 4.69) is 0 Å². The molecular weight excluding hydrogens is 307 g/mol. The van der Waals surface area contributed by atoms with Gasteiger partial charge in [0.15, 0.2) is 11.6 Å². The Labute approximate surface area is 137 Å². The van der Waals surface area contributed by atoms with E-state index in [1.807, 2.05) is 0 Å². The van der Waals surface area contributed by atoms with Crippen molar-refractivity contribution >= 4 is 18.3 Å². The zero-order chi connectivity index (χ0) is 15.3. The van der Waals surface area contributed by atoms with Crippen molar-refractivity contribution < 1.29 is 13.9 Å². The van der Waals surface area contributed by atoms with Crippen LogP contribution in [0.25, 0.3) is 0 Å². The lowest BCUT2D eigenvalue weighted by molar-refractivity contribution is -0.137. The highest BCUT2D eigenvalue weighted by Crippen LogP contribution is 2.27. The van der Waals surface area contributed by atoms with Gasteiger partial charge in [0.1, 0.15) is 6.61 Å². The molecule has 2 N–H and O–H groups in total. The predicted molar refractivity (Wildman–Crippen MR) is 86.8 cm³/mol. The Balaban J connectivity index is 0.00000242. The standard InChI is InChI=1S/C16H23FN2O2.ClH/c1-19(15(20)16(18)9-5-2-6-10-16)11-12-21-14-8-4-3-7-13(14)17;/h3-4,7-8H,2,5-6,9-12,18H2,1H3;1H. The first kappa shape index (κ1) is 18.7. The Morgan fingerprint density at radius 3 is 2.59 bits per heavy atom. The van der Waals surface area contributed by atoms with E-state index in [1.54, 1.807) is 30.1 Å². The average molecular weight is 331 g/mol. The Morgan fingerprint density at radius 2 is 1.95 bits per heavy atom. The molecule has 1 aliphatic carbocycles. The molecule has 0 atom stereocenters. The van der Waals surface area contributed by atoms with Crippen LogP contribution in [0, 0.1) is 5.82 Å². The maximum atomic E-state index is 13.4. The number of carbonyl (C=O) groups is 1. The van der Waals surface area contributed by atoms with Crippen molar-refractivity contribution in [3.63, 3.8) is 0 Å². The number of para-hydroxylation sites is 1. The largest absolute Gasteiger partial charge is 0.489 e. The molecule has 1 saturated carbocycles. The Kier molecular flexibility index (Phi) is 7.10. The van der Waals surface area contributed by atoms with E-state index in [0.29, 0.717) is 6.54 Å². The zero-order valence-corrected chi connectivity index (χ0v) is 13.7. The summed E-state index contributed by atoms with van der Waals surface area (Å²) in [6, 6.07) is 6.24. The first-order chi connectivity index (χ1) is 10.0. The van der Waals surface area contributed by atoms with Gasteiger partial charge in [-0.15, -0.1) is 12.4 Å². The smallest absolute Gasteiger partial charge is 0.242 e. The predicted octanol–water partition coefficient (Wildman–Crippen LogP) is 2.75. The summed E-state index contributed by atoms with van der Waals surface area (Å²) in [5, 5.41) is 0. The van der Waals surface area contributed by atoms with Crippen LogP contribution in [0.15, 0.2) is 24.3 Å². The van der Waals surface area contributed by atoms with E-state index in [-0.39, 0.29) is 30.7 Å². The first-order valence-corrected chi connectivity index (χ1v) is 7.45. The summed E-state index contributed by atoms with van der Waals surface area (Å²) in [5.41, 5.74) is 5.49. The Morgan fingerprint density at radius 1 is 1.32 bits per heavy atom. The summed E-state index contributed by atoms with van der Waals surface area (Å²) in [5.74, 6) is -0.230. The first-order valence-electron chi connectivity index (χ1n) is 7.45. The fourth-order valence-corrected chi connectivity index (χ4v) is 2.73. The molecule has 1 aromatic carbocycles. The number of rotatable bonds is 5. The monoisotopic (exact) mass is 330 g/mol. The number of likely N-dealkylation sites (N-methyl/N-ethyl adjacent to an activating group) is 1. The lowest BCUT2D eigenvalue weighted by atomic mass is 9.81. The van der Waals surface area contributed by atoms with Gasteiger partial charge in [-0.3, -0.25) is 4.79 Å². The molecule has 6 heteroatoms. The van der Waals surface area contributed by atoms with Crippen LogP contribution >= 0.6 is 12.4 Å². The van der Waals surface area contributed by atoms with Gasteiger partial charge in [0.05, 0.1) is 12.1 Å². The fraction of sp³-hybridized carbons (Fsp3) is 0.562. The maximum Gasteiger partial charge on any atom is 0.242 e. The van der Waals surface area contributed by atoms with Crippen molar-refractivity contribution in [1.82, 2.24) is 4.90 Å². The molecule has 0 spiro atoms. The summed E-state index contributed by atoms with van der Waals surface area (Å²) >= 11 is 0. The van der Waals surface area contributed by atoms with Gasteiger partial charge in [-0.05, 0) is 25.0 Å². The van der Waals surface area contributed by atoms with Crippen LogP contribution in [0.2, 0.25) is 0 Å². The van der Waals surface area contributed by atoms with Crippen molar-refractivity contribution in [1.29, 1.82) is 0 Å². The molecule has 1 aromatic rings. The van der Waals surface area contributed by atoms with Crippen molar-refractivity contribution in [3.05, 3.63) is 30.1 Å². The molecule has 4 nitrogen and oxygen atoms in total. The molecular formula is C16H24ClFN2O2. The summed E-state index contributed by atoms with van der Waals surface area (Å²) in [7, 11) is 1.72. The van der Waals surface area contributed by atoms with Crippen LogP contribution in [0.5, 0.6) is 5.75 Å². The number of nitrogens with two attached hydrogens (primary N) is 1. The number of nitrogens with zero attached hydrogens (tertiary/aromatic N) is 1. The van der Waals surface area contributed by atoms with Crippen LogP contribution in [0.1, 0.15) is 32.1 Å². The second kappa shape index (κ2) is 8.34. The zero-order valence-electron chi connectivity index (χ0n) is 12.9. The second-order valence-corrected chi connectivity index (χ2v) is 5.72. The molecule has 0 aliphatic heterocycles. The molecule has 0 aromatic heterocycles.